The van der Waals surface area contributed by atoms with Gasteiger partial charge >= 0.3 is 5.97 Å². The van der Waals surface area contributed by atoms with Crippen LogP contribution in [0, 0.1) is 17.8 Å². The van der Waals surface area contributed by atoms with E-state index in [1.807, 2.05) is 0 Å². The van der Waals surface area contributed by atoms with Crippen molar-refractivity contribution in [2.45, 2.75) is 46.1 Å². The molecule has 1 fully saturated rings. The summed E-state index contributed by atoms with van der Waals surface area (Å²) in [5, 5.41) is 0. The molecule has 0 unspecified atom stereocenters. The summed E-state index contributed by atoms with van der Waals surface area (Å²) in [5.74, 6) is 1.47. The van der Waals surface area contributed by atoms with Gasteiger partial charge in [-0.3, -0.25) is 4.98 Å². The number of rotatable bonds is 3. The van der Waals surface area contributed by atoms with E-state index in [1.54, 1.807) is 24.5 Å². The minimum absolute atomic E-state index is 0.0596. The van der Waals surface area contributed by atoms with Gasteiger partial charge in [-0.2, -0.15) is 0 Å². The molecule has 3 heteroatoms. The van der Waals surface area contributed by atoms with Crippen molar-refractivity contribution in [3.05, 3.63) is 30.1 Å². The van der Waals surface area contributed by atoms with Crippen LogP contribution in [0.5, 0.6) is 0 Å². The summed E-state index contributed by atoms with van der Waals surface area (Å²) in [4.78, 5) is 16.1. The van der Waals surface area contributed by atoms with Gasteiger partial charge in [0.15, 0.2) is 0 Å². The largest absolute Gasteiger partial charge is 0.458 e. The Labute approximate surface area is 115 Å². The van der Waals surface area contributed by atoms with Crippen molar-refractivity contribution in [2.75, 3.05) is 0 Å². The Bertz CT molecular complexity index is 416. The molecule has 0 saturated heterocycles. The predicted molar refractivity (Wildman–Crippen MR) is 74.8 cm³/mol. The molecule has 3 nitrogen and oxygen atoms in total. The molecule has 1 heterocycles. The van der Waals surface area contributed by atoms with E-state index in [9.17, 15) is 4.79 Å². The highest BCUT2D eigenvalue weighted by Crippen LogP contribution is 2.35. The Morgan fingerprint density at radius 2 is 2.00 bits per heavy atom. The van der Waals surface area contributed by atoms with Gasteiger partial charge in [-0.15, -0.1) is 0 Å². The maximum absolute atomic E-state index is 12.1. The maximum Gasteiger partial charge on any atom is 0.338 e. The fourth-order valence-corrected chi connectivity index (χ4v) is 2.94. The molecule has 0 amide bonds. The lowest BCUT2D eigenvalue weighted by molar-refractivity contribution is -0.0174. The molecule has 19 heavy (non-hydrogen) atoms. The van der Waals surface area contributed by atoms with E-state index in [0.717, 1.165) is 12.8 Å². The summed E-state index contributed by atoms with van der Waals surface area (Å²) >= 11 is 0. The lowest BCUT2D eigenvalue weighted by Crippen LogP contribution is -2.35. The predicted octanol–water partition coefficient (Wildman–Crippen LogP) is 3.70. The minimum Gasteiger partial charge on any atom is -0.458 e. The molecule has 1 aromatic rings. The van der Waals surface area contributed by atoms with E-state index in [2.05, 4.69) is 25.8 Å². The molecule has 2 rings (SSSR count). The molecule has 1 saturated carbocycles. The van der Waals surface area contributed by atoms with Crippen LogP contribution in [-0.2, 0) is 4.74 Å². The molecule has 0 spiro atoms. The number of carbonyl (C=O) groups is 1. The van der Waals surface area contributed by atoms with Gasteiger partial charge in [-0.25, -0.2) is 4.79 Å². The molecule has 1 aliphatic rings. The summed E-state index contributed by atoms with van der Waals surface area (Å²) in [5.41, 5.74) is 0.593. The molecule has 0 aromatic carbocycles. The molecule has 1 aliphatic carbocycles. The van der Waals surface area contributed by atoms with Crippen LogP contribution in [0.1, 0.15) is 50.4 Å². The second-order valence-electron chi connectivity index (χ2n) is 6.01. The van der Waals surface area contributed by atoms with E-state index in [0.29, 0.717) is 23.3 Å². The zero-order valence-electron chi connectivity index (χ0n) is 12.0. The lowest BCUT2D eigenvalue weighted by Gasteiger charge is -2.36. The maximum atomic E-state index is 12.1. The SMILES string of the molecule is CC(C)[C@@H]1CC[C@@H](C)C[C@@H]1OC(=O)c1ccncc1. The van der Waals surface area contributed by atoms with Crippen LogP contribution in [0.4, 0.5) is 0 Å². The second-order valence-corrected chi connectivity index (χ2v) is 6.01. The zero-order chi connectivity index (χ0) is 13.8. The summed E-state index contributed by atoms with van der Waals surface area (Å²) in [6.07, 6.45) is 6.70. The van der Waals surface area contributed by atoms with Gasteiger partial charge < -0.3 is 4.74 Å². The van der Waals surface area contributed by atoms with E-state index < -0.39 is 0 Å². The van der Waals surface area contributed by atoms with Crippen LogP contribution in [0.15, 0.2) is 24.5 Å². The third kappa shape index (κ3) is 3.55. The van der Waals surface area contributed by atoms with Gasteiger partial charge in [-0.1, -0.05) is 27.2 Å². The number of pyridine rings is 1. The summed E-state index contributed by atoms with van der Waals surface area (Å²) < 4.78 is 5.76. The zero-order valence-corrected chi connectivity index (χ0v) is 12.0. The minimum atomic E-state index is -0.216. The van der Waals surface area contributed by atoms with Crippen LogP contribution in [-0.4, -0.2) is 17.1 Å². The smallest absolute Gasteiger partial charge is 0.338 e. The number of hydrogen-bond acceptors (Lipinski definition) is 3. The van der Waals surface area contributed by atoms with E-state index in [1.165, 1.54) is 6.42 Å². The average Bonchev–Trinajstić information content (AvgIpc) is 2.39. The Balaban J connectivity index is 2.04. The molecule has 104 valence electrons. The highest BCUT2D eigenvalue weighted by molar-refractivity contribution is 5.89. The highest BCUT2D eigenvalue weighted by Gasteiger charge is 2.33. The molecule has 3 atom stereocenters. The number of hydrogen-bond donors (Lipinski definition) is 0. The summed E-state index contributed by atoms with van der Waals surface area (Å²) in [6, 6.07) is 3.41. The molecular weight excluding hydrogens is 238 g/mol. The first-order chi connectivity index (χ1) is 9.08. The topological polar surface area (TPSA) is 39.2 Å². The van der Waals surface area contributed by atoms with Crippen LogP contribution in [0.2, 0.25) is 0 Å². The van der Waals surface area contributed by atoms with Crippen molar-refractivity contribution in [1.82, 2.24) is 4.98 Å². The van der Waals surface area contributed by atoms with Gasteiger partial charge in [0.1, 0.15) is 6.10 Å². The molecule has 0 radical (unpaired) electrons. The molecule has 0 aliphatic heterocycles. The number of ether oxygens (including phenoxy) is 1. The van der Waals surface area contributed by atoms with Gasteiger partial charge in [-0.05, 0) is 42.7 Å². The van der Waals surface area contributed by atoms with Crippen molar-refractivity contribution in [3.8, 4) is 0 Å². The standard InChI is InChI=1S/C16H23NO2/c1-11(2)14-5-4-12(3)10-15(14)19-16(18)13-6-8-17-9-7-13/h6-9,11-12,14-15H,4-5,10H2,1-3H3/t12-,14+,15+/m1/s1. The van der Waals surface area contributed by atoms with E-state index in [4.69, 9.17) is 4.74 Å². The van der Waals surface area contributed by atoms with Gasteiger partial charge in [0.05, 0.1) is 5.56 Å². The van der Waals surface area contributed by atoms with Gasteiger partial charge in [0.25, 0.3) is 0 Å². The van der Waals surface area contributed by atoms with Crippen molar-refractivity contribution in [3.63, 3.8) is 0 Å². The first-order valence-corrected chi connectivity index (χ1v) is 7.19. The Morgan fingerprint density at radius 1 is 1.32 bits per heavy atom. The Hall–Kier alpha value is -1.38. The normalized spacial score (nSPS) is 27.3. The first kappa shape index (κ1) is 14.0. The fraction of sp³-hybridized carbons (Fsp3) is 0.625. The average molecular weight is 261 g/mol. The van der Waals surface area contributed by atoms with Crippen molar-refractivity contribution >= 4 is 5.97 Å². The van der Waals surface area contributed by atoms with E-state index in [-0.39, 0.29) is 12.1 Å². The lowest BCUT2D eigenvalue weighted by atomic mass is 9.75. The van der Waals surface area contributed by atoms with Crippen LogP contribution in [0.25, 0.3) is 0 Å². The fourth-order valence-electron chi connectivity index (χ4n) is 2.94. The Kier molecular flexibility index (Phi) is 4.56. The third-order valence-corrected chi connectivity index (χ3v) is 4.14. The quantitative estimate of drug-likeness (QED) is 0.779. The van der Waals surface area contributed by atoms with Crippen molar-refractivity contribution in [1.29, 1.82) is 0 Å². The second kappa shape index (κ2) is 6.18. The van der Waals surface area contributed by atoms with Crippen molar-refractivity contribution in [2.24, 2.45) is 17.8 Å². The van der Waals surface area contributed by atoms with Crippen LogP contribution in [0.3, 0.4) is 0 Å². The number of aromatic nitrogens is 1. The molecule has 1 aromatic heterocycles. The number of esters is 1. The van der Waals surface area contributed by atoms with Gasteiger partial charge in [0, 0.05) is 12.4 Å². The summed E-state index contributed by atoms with van der Waals surface area (Å²) in [7, 11) is 0. The molecule has 0 N–H and O–H groups in total. The third-order valence-electron chi connectivity index (χ3n) is 4.14. The molecular formula is C16H23NO2. The van der Waals surface area contributed by atoms with Crippen LogP contribution < -0.4 is 0 Å². The number of carbonyl (C=O) groups excluding carboxylic acids is 1. The summed E-state index contributed by atoms with van der Waals surface area (Å²) in [6.45, 7) is 6.67. The highest BCUT2D eigenvalue weighted by atomic mass is 16.5. The van der Waals surface area contributed by atoms with Crippen molar-refractivity contribution < 1.29 is 9.53 Å². The van der Waals surface area contributed by atoms with Crippen LogP contribution >= 0.6 is 0 Å². The number of nitrogens with zero attached hydrogens (tertiary/aromatic N) is 1. The van der Waals surface area contributed by atoms with E-state index >= 15 is 0 Å². The first-order valence-electron chi connectivity index (χ1n) is 7.19. The Morgan fingerprint density at radius 3 is 2.63 bits per heavy atom. The molecule has 0 bridgehead atoms. The van der Waals surface area contributed by atoms with Gasteiger partial charge in [0.2, 0.25) is 0 Å². The monoisotopic (exact) mass is 261 g/mol.